The average molecular weight is 267 g/mol. The van der Waals surface area contributed by atoms with Crippen LogP contribution in [0.25, 0.3) is 0 Å². The zero-order chi connectivity index (χ0) is 13.0. The van der Waals surface area contributed by atoms with Crippen molar-refractivity contribution < 1.29 is 12.6 Å². The average Bonchev–Trinajstić information content (AvgIpc) is 2.82. The number of hydrogen-bond acceptors (Lipinski definition) is 5. The van der Waals surface area contributed by atoms with Crippen molar-refractivity contribution in [3.8, 4) is 0 Å². The van der Waals surface area contributed by atoms with Crippen molar-refractivity contribution in [1.82, 2.24) is 14.8 Å². The summed E-state index contributed by atoms with van der Waals surface area (Å²) < 4.78 is 30.0. The molecule has 6 nitrogen and oxygen atoms in total. The molecule has 18 heavy (non-hydrogen) atoms. The van der Waals surface area contributed by atoms with E-state index in [0.717, 1.165) is 5.56 Å². The molecule has 0 spiro atoms. The predicted molar refractivity (Wildman–Crippen MR) is 64.3 cm³/mol. The van der Waals surface area contributed by atoms with Crippen molar-refractivity contribution in [3.05, 3.63) is 42.5 Å². The van der Waals surface area contributed by atoms with E-state index in [9.17, 15) is 8.42 Å². The van der Waals surface area contributed by atoms with E-state index in [1.165, 1.54) is 29.5 Å². The van der Waals surface area contributed by atoms with Crippen LogP contribution in [-0.2, 0) is 20.8 Å². The van der Waals surface area contributed by atoms with Gasteiger partial charge >= 0.3 is 0 Å². The quantitative estimate of drug-likeness (QED) is 0.755. The van der Waals surface area contributed by atoms with Crippen molar-refractivity contribution in [2.75, 3.05) is 6.61 Å². The van der Waals surface area contributed by atoms with Crippen LogP contribution in [0.2, 0.25) is 0 Å². The Balaban J connectivity index is 1.97. The molecule has 96 valence electrons. The molecule has 0 N–H and O–H groups in total. The van der Waals surface area contributed by atoms with Gasteiger partial charge < -0.3 is 0 Å². The summed E-state index contributed by atoms with van der Waals surface area (Å²) in [7, 11) is -3.69. The second-order valence-electron chi connectivity index (χ2n) is 3.75. The Morgan fingerprint density at radius 3 is 2.61 bits per heavy atom. The van der Waals surface area contributed by atoms with Crippen molar-refractivity contribution in [3.63, 3.8) is 0 Å². The fourth-order valence-electron chi connectivity index (χ4n) is 1.36. The van der Waals surface area contributed by atoms with Gasteiger partial charge in [0.2, 0.25) is 0 Å². The van der Waals surface area contributed by atoms with Crippen molar-refractivity contribution in [1.29, 1.82) is 0 Å². The van der Waals surface area contributed by atoms with E-state index >= 15 is 0 Å². The molecule has 0 atom stereocenters. The smallest absolute Gasteiger partial charge is 0.264 e. The molecule has 0 amide bonds. The molecule has 0 saturated heterocycles. The van der Waals surface area contributed by atoms with Gasteiger partial charge in [0, 0.05) is 0 Å². The SMILES string of the molecule is Cc1ccc(S(=O)(=O)OCCn2cncn2)cc1. The molecule has 0 saturated carbocycles. The van der Waals surface area contributed by atoms with Crippen molar-refractivity contribution in [2.45, 2.75) is 18.4 Å². The molecule has 0 unspecified atom stereocenters. The van der Waals surface area contributed by atoms with Gasteiger partial charge in [-0.2, -0.15) is 13.5 Å². The van der Waals surface area contributed by atoms with E-state index < -0.39 is 10.1 Å². The summed E-state index contributed by atoms with van der Waals surface area (Å²) in [4.78, 5) is 3.91. The van der Waals surface area contributed by atoms with E-state index in [1.54, 1.807) is 12.1 Å². The molecular weight excluding hydrogens is 254 g/mol. The van der Waals surface area contributed by atoms with Crippen LogP contribution in [0.1, 0.15) is 5.56 Å². The fourth-order valence-corrected chi connectivity index (χ4v) is 2.26. The van der Waals surface area contributed by atoms with Gasteiger partial charge in [0.05, 0.1) is 18.0 Å². The zero-order valence-electron chi connectivity index (χ0n) is 9.85. The molecule has 1 heterocycles. The number of rotatable bonds is 5. The minimum absolute atomic E-state index is 0.0274. The summed E-state index contributed by atoms with van der Waals surface area (Å²) in [6.45, 7) is 2.26. The first-order valence-corrected chi connectivity index (χ1v) is 6.77. The largest absolute Gasteiger partial charge is 0.297 e. The van der Waals surface area contributed by atoms with Crippen LogP contribution in [0.15, 0.2) is 41.8 Å². The molecule has 2 aromatic rings. The van der Waals surface area contributed by atoms with Gasteiger partial charge in [0.15, 0.2) is 0 Å². The summed E-state index contributed by atoms with van der Waals surface area (Å²) in [5.41, 5.74) is 0.997. The Kier molecular flexibility index (Phi) is 3.73. The van der Waals surface area contributed by atoms with E-state index in [2.05, 4.69) is 10.1 Å². The fraction of sp³-hybridized carbons (Fsp3) is 0.273. The van der Waals surface area contributed by atoms with Gasteiger partial charge in [-0.15, -0.1) is 0 Å². The second-order valence-corrected chi connectivity index (χ2v) is 5.36. The Bertz CT molecular complexity index is 591. The molecule has 7 heteroatoms. The molecule has 2 rings (SSSR count). The summed E-state index contributed by atoms with van der Waals surface area (Å²) >= 11 is 0. The molecule has 0 aliphatic rings. The van der Waals surface area contributed by atoms with Crippen LogP contribution >= 0.6 is 0 Å². The van der Waals surface area contributed by atoms with E-state index in [0.29, 0.717) is 6.54 Å². The van der Waals surface area contributed by atoms with Gasteiger partial charge in [-0.1, -0.05) is 17.7 Å². The maximum absolute atomic E-state index is 11.8. The van der Waals surface area contributed by atoms with Gasteiger partial charge in [0.1, 0.15) is 12.7 Å². The van der Waals surface area contributed by atoms with Crippen LogP contribution in [-0.4, -0.2) is 29.8 Å². The van der Waals surface area contributed by atoms with Gasteiger partial charge in [-0.05, 0) is 19.1 Å². The lowest BCUT2D eigenvalue weighted by molar-refractivity contribution is 0.294. The van der Waals surface area contributed by atoms with Crippen molar-refractivity contribution >= 4 is 10.1 Å². The predicted octanol–water partition coefficient (Wildman–Crippen LogP) is 0.992. The molecular formula is C11H13N3O3S. The lowest BCUT2D eigenvalue weighted by Gasteiger charge is -2.05. The molecule has 0 aliphatic heterocycles. The first-order valence-electron chi connectivity index (χ1n) is 5.36. The van der Waals surface area contributed by atoms with Crippen LogP contribution in [0.4, 0.5) is 0 Å². The monoisotopic (exact) mass is 267 g/mol. The zero-order valence-corrected chi connectivity index (χ0v) is 10.7. The number of aryl methyl sites for hydroxylation is 1. The molecule has 0 radical (unpaired) electrons. The minimum Gasteiger partial charge on any atom is -0.264 e. The molecule has 0 aliphatic carbocycles. The maximum Gasteiger partial charge on any atom is 0.297 e. The normalized spacial score (nSPS) is 11.6. The summed E-state index contributed by atoms with van der Waals surface area (Å²) in [6.07, 6.45) is 2.89. The first-order chi connectivity index (χ1) is 8.58. The Morgan fingerprint density at radius 2 is 2.00 bits per heavy atom. The number of aromatic nitrogens is 3. The topological polar surface area (TPSA) is 74.1 Å². The molecule has 0 bridgehead atoms. The van der Waals surface area contributed by atoms with E-state index in [-0.39, 0.29) is 11.5 Å². The third kappa shape index (κ3) is 3.14. The lowest BCUT2D eigenvalue weighted by Crippen LogP contribution is -2.12. The van der Waals surface area contributed by atoms with Crippen LogP contribution in [0.3, 0.4) is 0 Å². The third-order valence-electron chi connectivity index (χ3n) is 2.34. The maximum atomic E-state index is 11.8. The van der Waals surface area contributed by atoms with Crippen LogP contribution in [0, 0.1) is 6.92 Å². The highest BCUT2D eigenvalue weighted by Crippen LogP contribution is 2.12. The Hall–Kier alpha value is -1.73. The summed E-state index contributed by atoms with van der Waals surface area (Å²) in [6, 6.07) is 6.52. The lowest BCUT2D eigenvalue weighted by atomic mass is 10.2. The van der Waals surface area contributed by atoms with Gasteiger partial charge in [-0.25, -0.2) is 4.98 Å². The minimum atomic E-state index is -3.69. The Labute approximate surface area is 105 Å². The van der Waals surface area contributed by atoms with Gasteiger partial charge in [-0.3, -0.25) is 8.86 Å². The van der Waals surface area contributed by atoms with Crippen molar-refractivity contribution in [2.24, 2.45) is 0 Å². The highest BCUT2D eigenvalue weighted by Gasteiger charge is 2.14. The number of nitrogens with zero attached hydrogens (tertiary/aromatic N) is 3. The van der Waals surface area contributed by atoms with Crippen LogP contribution in [0.5, 0.6) is 0 Å². The standard InChI is InChI=1S/C11H13N3O3S/c1-10-2-4-11(5-3-10)18(15,16)17-7-6-14-9-12-8-13-14/h2-5,8-9H,6-7H2,1H3. The number of benzene rings is 1. The summed E-state index contributed by atoms with van der Waals surface area (Å²) in [5.74, 6) is 0. The summed E-state index contributed by atoms with van der Waals surface area (Å²) in [5, 5.41) is 3.85. The van der Waals surface area contributed by atoms with Gasteiger partial charge in [0.25, 0.3) is 10.1 Å². The molecule has 0 fully saturated rings. The van der Waals surface area contributed by atoms with E-state index in [4.69, 9.17) is 4.18 Å². The first kappa shape index (κ1) is 12.7. The highest BCUT2D eigenvalue weighted by molar-refractivity contribution is 7.86. The van der Waals surface area contributed by atoms with Crippen LogP contribution < -0.4 is 0 Å². The Morgan fingerprint density at radius 1 is 1.28 bits per heavy atom. The third-order valence-corrected chi connectivity index (χ3v) is 3.66. The highest BCUT2D eigenvalue weighted by atomic mass is 32.2. The molecule has 1 aromatic carbocycles. The van der Waals surface area contributed by atoms with E-state index in [1.807, 2.05) is 6.92 Å². The number of hydrogen-bond donors (Lipinski definition) is 0. The molecule has 1 aromatic heterocycles. The second kappa shape index (κ2) is 5.28.